The zero-order valence-corrected chi connectivity index (χ0v) is 14.8. The van der Waals surface area contributed by atoms with Crippen molar-refractivity contribution in [3.63, 3.8) is 0 Å². The molecule has 1 aromatic carbocycles. The van der Waals surface area contributed by atoms with Crippen molar-refractivity contribution in [2.24, 2.45) is 4.99 Å². The van der Waals surface area contributed by atoms with E-state index in [2.05, 4.69) is 27.5 Å². The van der Waals surface area contributed by atoms with E-state index in [9.17, 15) is 4.39 Å². The fraction of sp³-hybridized carbons (Fsp3) is 0.368. The van der Waals surface area contributed by atoms with Gasteiger partial charge in [-0.05, 0) is 25.0 Å². The monoisotopic (exact) mass is 344 g/mol. The summed E-state index contributed by atoms with van der Waals surface area (Å²) in [5.74, 6) is 1.04. The number of hydrogen-bond donors (Lipinski definition) is 2. The van der Waals surface area contributed by atoms with Gasteiger partial charge in [-0.2, -0.15) is 0 Å². The zero-order valence-electron chi connectivity index (χ0n) is 14.8. The Morgan fingerprint density at radius 2 is 2.00 bits per heavy atom. The Bertz CT molecular complexity index is 673. The lowest BCUT2D eigenvalue weighted by Gasteiger charge is -2.12. The summed E-state index contributed by atoms with van der Waals surface area (Å²) in [6.07, 6.45) is 2.71. The Labute approximate surface area is 148 Å². The maximum absolute atomic E-state index is 13.7. The molecule has 0 unspecified atom stereocenters. The Balaban J connectivity index is 1.93. The minimum absolute atomic E-state index is 0.224. The van der Waals surface area contributed by atoms with Crippen molar-refractivity contribution >= 4 is 5.96 Å². The van der Waals surface area contributed by atoms with Crippen LogP contribution in [0.2, 0.25) is 0 Å². The average molecular weight is 344 g/mol. The summed E-state index contributed by atoms with van der Waals surface area (Å²) in [4.78, 5) is 8.77. The lowest BCUT2D eigenvalue weighted by molar-refractivity contribution is 0.305. The molecule has 2 rings (SSSR count). The van der Waals surface area contributed by atoms with Crippen molar-refractivity contribution < 1.29 is 9.13 Å². The minimum atomic E-state index is -0.224. The molecule has 0 aliphatic carbocycles. The normalized spacial score (nSPS) is 11.2. The van der Waals surface area contributed by atoms with E-state index in [1.807, 2.05) is 25.1 Å². The summed E-state index contributed by atoms with van der Waals surface area (Å²) in [6, 6.07) is 10.5. The molecular formula is C19H25FN4O. The second kappa shape index (κ2) is 10.3. The average Bonchev–Trinajstić information content (AvgIpc) is 2.64. The van der Waals surface area contributed by atoms with Gasteiger partial charge in [-0.15, -0.1) is 0 Å². The lowest BCUT2D eigenvalue weighted by Crippen LogP contribution is -2.37. The molecule has 0 bridgehead atoms. The Morgan fingerprint density at radius 1 is 1.16 bits per heavy atom. The van der Waals surface area contributed by atoms with Crippen molar-refractivity contribution in [2.75, 3.05) is 13.2 Å². The first-order valence-corrected chi connectivity index (χ1v) is 8.56. The largest absolute Gasteiger partial charge is 0.478 e. The number of guanidine groups is 1. The molecule has 0 radical (unpaired) electrons. The molecule has 1 heterocycles. The van der Waals surface area contributed by atoms with Gasteiger partial charge in [-0.3, -0.25) is 0 Å². The van der Waals surface area contributed by atoms with Crippen molar-refractivity contribution in [2.45, 2.75) is 33.4 Å². The van der Waals surface area contributed by atoms with Gasteiger partial charge in [0, 0.05) is 30.9 Å². The molecule has 2 N–H and O–H groups in total. The summed E-state index contributed by atoms with van der Waals surface area (Å²) in [5.41, 5.74) is 1.58. The number of halogens is 1. The number of ether oxygens (including phenoxy) is 1. The number of nitrogens with zero attached hydrogens (tertiary/aromatic N) is 2. The molecule has 0 aliphatic rings. The first kappa shape index (κ1) is 18.7. The van der Waals surface area contributed by atoms with Crippen LogP contribution in [0.25, 0.3) is 0 Å². The Morgan fingerprint density at radius 3 is 2.68 bits per heavy atom. The molecule has 0 aliphatic heterocycles. The van der Waals surface area contributed by atoms with Crippen LogP contribution in [0.15, 0.2) is 47.6 Å². The second-order valence-electron chi connectivity index (χ2n) is 5.49. The fourth-order valence-electron chi connectivity index (χ4n) is 2.13. The van der Waals surface area contributed by atoms with E-state index >= 15 is 0 Å². The highest BCUT2D eigenvalue weighted by Gasteiger charge is 2.03. The molecule has 1 aromatic heterocycles. The molecule has 0 fully saturated rings. The van der Waals surface area contributed by atoms with Gasteiger partial charge < -0.3 is 15.4 Å². The third-order valence-electron chi connectivity index (χ3n) is 3.42. The van der Waals surface area contributed by atoms with Gasteiger partial charge in [0.2, 0.25) is 5.88 Å². The van der Waals surface area contributed by atoms with Crippen molar-refractivity contribution in [3.8, 4) is 5.88 Å². The van der Waals surface area contributed by atoms with Crippen LogP contribution in [-0.4, -0.2) is 24.1 Å². The van der Waals surface area contributed by atoms with Crippen LogP contribution in [0.5, 0.6) is 5.88 Å². The third kappa shape index (κ3) is 6.41. The molecule has 25 heavy (non-hydrogen) atoms. The third-order valence-corrected chi connectivity index (χ3v) is 3.42. The number of pyridine rings is 1. The molecule has 0 atom stereocenters. The SMILES string of the molecule is CCCOc1ccc(CN=C(NCC)NCc2ccccc2F)cn1. The van der Waals surface area contributed by atoms with E-state index < -0.39 is 0 Å². The van der Waals surface area contributed by atoms with E-state index in [1.165, 1.54) is 6.07 Å². The first-order chi connectivity index (χ1) is 12.2. The number of aromatic nitrogens is 1. The molecule has 5 nitrogen and oxygen atoms in total. The highest BCUT2D eigenvalue weighted by Crippen LogP contribution is 2.09. The Hall–Kier alpha value is -2.63. The van der Waals surface area contributed by atoms with Crippen molar-refractivity contribution in [1.82, 2.24) is 15.6 Å². The summed E-state index contributed by atoms with van der Waals surface area (Å²) < 4.78 is 19.1. The van der Waals surface area contributed by atoms with Gasteiger partial charge in [0.05, 0.1) is 13.2 Å². The summed E-state index contributed by atoms with van der Waals surface area (Å²) in [7, 11) is 0. The van der Waals surface area contributed by atoms with Gasteiger partial charge in [0.25, 0.3) is 0 Å². The van der Waals surface area contributed by atoms with E-state index in [-0.39, 0.29) is 5.82 Å². The summed E-state index contributed by atoms with van der Waals surface area (Å²) in [5, 5.41) is 6.29. The molecule has 0 spiro atoms. The Kier molecular flexibility index (Phi) is 7.69. The predicted octanol–water partition coefficient (Wildman–Crippen LogP) is 3.26. The quantitative estimate of drug-likeness (QED) is 0.570. The lowest BCUT2D eigenvalue weighted by atomic mass is 10.2. The van der Waals surface area contributed by atoms with Crippen LogP contribution in [0.3, 0.4) is 0 Å². The molecule has 2 aromatic rings. The molecule has 0 saturated heterocycles. The van der Waals surface area contributed by atoms with Crippen LogP contribution >= 0.6 is 0 Å². The van der Waals surface area contributed by atoms with E-state index in [0.717, 1.165) is 18.5 Å². The van der Waals surface area contributed by atoms with Crippen LogP contribution in [0.1, 0.15) is 31.4 Å². The molecule has 0 amide bonds. The molecule has 134 valence electrons. The van der Waals surface area contributed by atoms with E-state index in [4.69, 9.17) is 4.74 Å². The predicted molar refractivity (Wildman–Crippen MR) is 98.1 cm³/mol. The van der Waals surface area contributed by atoms with Crippen molar-refractivity contribution in [3.05, 3.63) is 59.5 Å². The second-order valence-corrected chi connectivity index (χ2v) is 5.49. The van der Waals surface area contributed by atoms with Gasteiger partial charge in [0.15, 0.2) is 5.96 Å². The van der Waals surface area contributed by atoms with Crippen molar-refractivity contribution in [1.29, 1.82) is 0 Å². The number of nitrogens with one attached hydrogen (secondary N) is 2. The van der Waals surface area contributed by atoms with Crippen LogP contribution < -0.4 is 15.4 Å². The van der Waals surface area contributed by atoms with E-state index in [1.54, 1.807) is 18.3 Å². The van der Waals surface area contributed by atoms with Gasteiger partial charge in [0.1, 0.15) is 5.82 Å². The summed E-state index contributed by atoms with van der Waals surface area (Å²) >= 11 is 0. The topological polar surface area (TPSA) is 58.5 Å². The van der Waals surface area contributed by atoms with Crippen LogP contribution in [-0.2, 0) is 13.1 Å². The highest BCUT2D eigenvalue weighted by atomic mass is 19.1. The smallest absolute Gasteiger partial charge is 0.213 e. The number of hydrogen-bond acceptors (Lipinski definition) is 3. The number of benzene rings is 1. The maximum atomic E-state index is 13.7. The van der Waals surface area contributed by atoms with Crippen LogP contribution in [0.4, 0.5) is 4.39 Å². The highest BCUT2D eigenvalue weighted by molar-refractivity contribution is 5.79. The molecular weight excluding hydrogens is 319 g/mol. The first-order valence-electron chi connectivity index (χ1n) is 8.56. The zero-order chi connectivity index (χ0) is 17.9. The minimum Gasteiger partial charge on any atom is -0.478 e. The number of rotatable bonds is 8. The van der Waals surface area contributed by atoms with E-state index in [0.29, 0.717) is 37.1 Å². The maximum Gasteiger partial charge on any atom is 0.213 e. The number of aliphatic imine (C=N–C) groups is 1. The van der Waals surface area contributed by atoms with Crippen LogP contribution in [0, 0.1) is 5.82 Å². The van der Waals surface area contributed by atoms with Gasteiger partial charge >= 0.3 is 0 Å². The molecule has 0 saturated carbocycles. The standard InChI is InChI=1S/C19H25FN4O/c1-3-11-25-18-10-9-15(12-22-18)13-23-19(21-4-2)24-14-16-7-5-6-8-17(16)20/h5-10,12H,3-4,11,13-14H2,1-2H3,(H2,21,23,24). The fourth-order valence-corrected chi connectivity index (χ4v) is 2.13. The van der Waals surface area contributed by atoms with Gasteiger partial charge in [-0.25, -0.2) is 14.4 Å². The summed E-state index contributed by atoms with van der Waals surface area (Å²) in [6.45, 7) is 6.29. The van der Waals surface area contributed by atoms with Gasteiger partial charge in [-0.1, -0.05) is 31.2 Å². The molecule has 6 heteroatoms.